The third-order valence-electron chi connectivity index (χ3n) is 4.98. The summed E-state index contributed by atoms with van der Waals surface area (Å²) in [7, 11) is 4.06. The number of hydrogen-bond donors (Lipinski definition) is 1. The maximum atomic E-state index is 12.2. The Hall–Kier alpha value is -2.04. The number of rotatable bonds is 8. The number of ether oxygens (including phenoxy) is 1. The zero-order valence-electron chi connectivity index (χ0n) is 18.5. The highest BCUT2D eigenvalue weighted by atomic mass is 35.5. The van der Waals surface area contributed by atoms with Gasteiger partial charge in [0.05, 0.1) is 6.04 Å². The van der Waals surface area contributed by atoms with Crippen LogP contribution in [-0.2, 0) is 16.6 Å². The van der Waals surface area contributed by atoms with Crippen molar-refractivity contribution in [2.24, 2.45) is 0 Å². The fraction of sp³-hybridized carbons (Fsp3) is 0.458. The van der Waals surface area contributed by atoms with E-state index >= 15 is 0 Å². The zero-order chi connectivity index (χ0) is 20.7. The number of amides is 1. The molecular formula is C24H35ClN2O2. The molecule has 1 N–H and O–H groups in total. The van der Waals surface area contributed by atoms with Crippen molar-refractivity contribution in [3.8, 4) is 5.75 Å². The third-order valence-corrected chi connectivity index (χ3v) is 4.98. The zero-order valence-corrected chi connectivity index (χ0v) is 19.3. The molecule has 0 saturated carbocycles. The van der Waals surface area contributed by atoms with Gasteiger partial charge in [-0.15, -0.1) is 12.4 Å². The Bertz CT molecular complexity index is 750. The normalized spacial score (nSPS) is 12.2. The van der Waals surface area contributed by atoms with Gasteiger partial charge in [0.15, 0.2) is 6.61 Å². The summed E-state index contributed by atoms with van der Waals surface area (Å²) >= 11 is 0. The maximum absolute atomic E-state index is 12.2. The van der Waals surface area contributed by atoms with Crippen LogP contribution in [0.5, 0.6) is 5.75 Å². The minimum Gasteiger partial charge on any atom is -0.484 e. The number of aryl methyl sites for hydroxylation is 1. The van der Waals surface area contributed by atoms with E-state index < -0.39 is 0 Å². The van der Waals surface area contributed by atoms with Crippen molar-refractivity contribution in [1.29, 1.82) is 0 Å². The molecule has 1 amide bonds. The summed E-state index contributed by atoms with van der Waals surface area (Å²) < 4.78 is 5.59. The standard InChI is InChI=1S/C24H34N2O2.ClH/c1-7-18-8-14-21(15-9-18)28-17-23(27)25-16-22(26(5)6)19-10-12-20(13-11-19)24(2,3)4;/h8-15,22H,7,16-17H2,1-6H3,(H,25,27);1H. The lowest BCUT2D eigenvalue weighted by Crippen LogP contribution is -2.36. The highest BCUT2D eigenvalue weighted by molar-refractivity contribution is 5.85. The summed E-state index contributed by atoms with van der Waals surface area (Å²) in [6.07, 6.45) is 0.990. The third kappa shape index (κ3) is 7.71. The highest BCUT2D eigenvalue weighted by Gasteiger charge is 2.18. The Morgan fingerprint density at radius 2 is 1.62 bits per heavy atom. The number of likely N-dealkylation sites (N-methyl/N-ethyl adjacent to an activating group) is 1. The number of carbonyl (C=O) groups is 1. The predicted octanol–water partition coefficient (Wildman–Crippen LogP) is 4.77. The van der Waals surface area contributed by atoms with Crippen molar-refractivity contribution >= 4 is 18.3 Å². The first-order valence-electron chi connectivity index (χ1n) is 9.96. The molecule has 2 aromatic rings. The smallest absolute Gasteiger partial charge is 0.258 e. The number of hydrogen-bond acceptors (Lipinski definition) is 3. The first kappa shape index (κ1) is 25.0. The van der Waals surface area contributed by atoms with Gasteiger partial charge in [0, 0.05) is 6.54 Å². The van der Waals surface area contributed by atoms with Gasteiger partial charge in [-0.2, -0.15) is 0 Å². The largest absolute Gasteiger partial charge is 0.484 e. The molecule has 1 atom stereocenters. The molecule has 0 aromatic heterocycles. The van der Waals surface area contributed by atoms with E-state index in [0.717, 1.165) is 6.42 Å². The molecule has 0 fully saturated rings. The van der Waals surface area contributed by atoms with Crippen LogP contribution in [0.3, 0.4) is 0 Å². The van der Waals surface area contributed by atoms with Crippen molar-refractivity contribution in [3.05, 3.63) is 65.2 Å². The molecule has 0 saturated heterocycles. The van der Waals surface area contributed by atoms with Gasteiger partial charge >= 0.3 is 0 Å². The lowest BCUT2D eigenvalue weighted by Gasteiger charge is -2.26. The Labute approximate surface area is 182 Å². The number of carbonyl (C=O) groups excluding carboxylic acids is 1. The van der Waals surface area contributed by atoms with E-state index in [1.807, 2.05) is 38.4 Å². The van der Waals surface area contributed by atoms with E-state index in [1.165, 1.54) is 16.7 Å². The Morgan fingerprint density at radius 1 is 1.03 bits per heavy atom. The second-order valence-electron chi connectivity index (χ2n) is 8.44. The summed E-state index contributed by atoms with van der Waals surface area (Å²) in [6.45, 7) is 9.30. The highest BCUT2D eigenvalue weighted by Crippen LogP contribution is 2.25. The predicted molar refractivity (Wildman–Crippen MR) is 123 cm³/mol. The van der Waals surface area contributed by atoms with Crippen molar-refractivity contribution in [1.82, 2.24) is 10.2 Å². The topological polar surface area (TPSA) is 41.6 Å². The average molecular weight is 419 g/mol. The molecule has 5 heteroatoms. The van der Waals surface area contributed by atoms with Crippen LogP contribution in [0.2, 0.25) is 0 Å². The Balaban J connectivity index is 0.00000420. The molecule has 4 nitrogen and oxygen atoms in total. The average Bonchev–Trinajstić information content (AvgIpc) is 2.66. The lowest BCUT2D eigenvalue weighted by atomic mass is 9.86. The summed E-state index contributed by atoms with van der Waals surface area (Å²) in [5.41, 5.74) is 3.88. The maximum Gasteiger partial charge on any atom is 0.258 e. The molecule has 29 heavy (non-hydrogen) atoms. The van der Waals surface area contributed by atoms with E-state index in [9.17, 15) is 4.79 Å². The van der Waals surface area contributed by atoms with Gasteiger partial charge in [0.25, 0.3) is 5.91 Å². The van der Waals surface area contributed by atoms with Crippen LogP contribution in [0.4, 0.5) is 0 Å². The minimum absolute atomic E-state index is 0. The molecule has 0 radical (unpaired) electrons. The quantitative estimate of drug-likeness (QED) is 0.671. The van der Waals surface area contributed by atoms with Crippen LogP contribution in [0.15, 0.2) is 48.5 Å². The van der Waals surface area contributed by atoms with Crippen LogP contribution >= 0.6 is 12.4 Å². The van der Waals surface area contributed by atoms with Crippen molar-refractivity contribution in [3.63, 3.8) is 0 Å². The van der Waals surface area contributed by atoms with Gasteiger partial charge in [-0.3, -0.25) is 4.79 Å². The molecule has 0 spiro atoms. The summed E-state index contributed by atoms with van der Waals surface area (Å²) in [5.74, 6) is 0.604. The number of halogens is 1. The van der Waals surface area contributed by atoms with Crippen LogP contribution < -0.4 is 10.1 Å². The van der Waals surface area contributed by atoms with Crippen LogP contribution in [0.25, 0.3) is 0 Å². The first-order chi connectivity index (χ1) is 13.2. The van der Waals surface area contributed by atoms with Crippen LogP contribution in [0.1, 0.15) is 50.4 Å². The summed E-state index contributed by atoms with van der Waals surface area (Å²) in [5, 5.41) is 2.99. The Kier molecular flexibility index (Phi) is 9.67. The molecule has 2 rings (SSSR count). The lowest BCUT2D eigenvalue weighted by molar-refractivity contribution is -0.123. The molecule has 0 bridgehead atoms. The van der Waals surface area contributed by atoms with Crippen molar-refractivity contribution < 1.29 is 9.53 Å². The molecular weight excluding hydrogens is 384 g/mol. The van der Waals surface area contributed by atoms with Crippen LogP contribution in [0, 0.1) is 0 Å². The molecule has 0 aliphatic rings. The second-order valence-corrected chi connectivity index (χ2v) is 8.44. The van der Waals surface area contributed by atoms with Crippen molar-refractivity contribution in [2.75, 3.05) is 27.2 Å². The minimum atomic E-state index is -0.113. The molecule has 0 aliphatic carbocycles. The van der Waals surface area contributed by atoms with E-state index in [0.29, 0.717) is 12.3 Å². The SMILES string of the molecule is CCc1ccc(OCC(=O)NCC(c2ccc(C(C)(C)C)cc2)N(C)C)cc1.Cl. The van der Waals surface area contributed by atoms with Gasteiger partial charge < -0.3 is 15.0 Å². The van der Waals surface area contributed by atoms with Gasteiger partial charge in [-0.05, 0) is 54.8 Å². The number of nitrogens with one attached hydrogen (secondary N) is 1. The summed E-state index contributed by atoms with van der Waals surface area (Å²) in [6, 6.07) is 16.6. The van der Waals surface area contributed by atoms with E-state index in [-0.39, 0.29) is 36.4 Å². The van der Waals surface area contributed by atoms with E-state index in [2.05, 4.69) is 62.2 Å². The number of nitrogens with zero attached hydrogens (tertiary/aromatic N) is 1. The summed E-state index contributed by atoms with van der Waals surface area (Å²) in [4.78, 5) is 14.4. The first-order valence-corrected chi connectivity index (χ1v) is 9.96. The van der Waals surface area contributed by atoms with E-state index in [1.54, 1.807) is 0 Å². The molecule has 1 unspecified atom stereocenters. The number of benzene rings is 2. The monoisotopic (exact) mass is 418 g/mol. The van der Waals surface area contributed by atoms with Gasteiger partial charge in [0.2, 0.25) is 0 Å². The molecule has 0 heterocycles. The van der Waals surface area contributed by atoms with Gasteiger partial charge in [-0.1, -0.05) is 64.1 Å². The molecule has 2 aromatic carbocycles. The van der Waals surface area contributed by atoms with Gasteiger partial charge in [0.1, 0.15) is 5.75 Å². The van der Waals surface area contributed by atoms with Crippen molar-refractivity contribution in [2.45, 2.75) is 45.6 Å². The molecule has 160 valence electrons. The Morgan fingerprint density at radius 3 is 2.10 bits per heavy atom. The fourth-order valence-corrected chi connectivity index (χ4v) is 3.04. The van der Waals surface area contributed by atoms with Crippen LogP contribution in [-0.4, -0.2) is 38.1 Å². The fourth-order valence-electron chi connectivity index (χ4n) is 3.04. The van der Waals surface area contributed by atoms with E-state index in [4.69, 9.17) is 4.74 Å². The van der Waals surface area contributed by atoms with Gasteiger partial charge in [-0.25, -0.2) is 0 Å². The molecule has 0 aliphatic heterocycles. The second kappa shape index (κ2) is 11.2.